The normalized spacial score (nSPS) is 12.3. The fourth-order valence-electron chi connectivity index (χ4n) is 1.78. The highest BCUT2D eigenvalue weighted by molar-refractivity contribution is 9.10. The van der Waals surface area contributed by atoms with Crippen LogP contribution < -0.4 is 4.74 Å². The summed E-state index contributed by atoms with van der Waals surface area (Å²) >= 11 is 13.2. The standard InChI is InChI=1S/C14H10Br2ClFO/c1-19-13-5-2-8(15)6-11(13)14(17)10-4-3-9(18)7-12(10)16/h2-7,14H,1H3. The summed E-state index contributed by atoms with van der Waals surface area (Å²) in [5.74, 6) is 0.389. The predicted octanol–water partition coefficient (Wildman–Crippen LogP) is 5.69. The Morgan fingerprint density at radius 2 is 1.84 bits per heavy atom. The number of ether oxygens (including phenoxy) is 1. The third-order valence-electron chi connectivity index (χ3n) is 2.70. The van der Waals surface area contributed by atoms with Crippen molar-refractivity contribution in [2.45, 2.75) is 5.38 Å². The monoisotopic (exact) mass is 406 g/mol. The molecule has 1 atom stereocenters. The summed E-state index contributed by atoms with van der Waals surface area (Å²) in [4.78, 5) is 0. The van der Waals surface area contributed by atoms with E-state index in [2.05, 4.69) is 31.9 Å². The van der Waals surface area contributed by atoms with E-state index in [0.717, 1.165) is 15.6 Å². The Morgan fingerprint density at radius 1 is 1.11 bits per heavy atom. The molecule has 2 rings (SSSR count). The van der Waals surface area contributed by atoms with E-state index in [-0.39, 0.29) is 5.82 Å². The topological polar surface area (TPSA) is 9.23 Å². The molecule has 2 aromatic carbocycles. The van der Waals surface area contributed by atoms with E-state index in [9.17, 15) is 4.39 Å². The first-order chi connectivity index (χ1) is 9.02. The highest BCUT2D eigenvalue weighted by Crippen LogP contribution is 2.39. The molecule has 1 unspecified atom stereocenters. The Morgan fingerprint density at radius 3 is 2.47 bits per heavy atom. The number of hydrogen-bond donors (Lipinski definition) is 0. The molecule has 0 amide bonds. The van der Waals surface area contributed by atoms with E-state index in [1.807, 2.05) is 18.2 Å². The van der Waals surface area contributed by atoms with Gasteiger partial charge in [-0.05, 0) is 35.9 Å². The molecule has 1 nitrogen and oxygen atoms in total. The molecule has 19 heavy (non-hydrogen) atoms. The van der Waals surface area contributed by atoms with Crippen LogP contribution in [0.3, 0.4) is 0 Å². The van der Waals surface area contributed by atoms with Gasteiger partial charge in [0.1, 0.15) is 11.6 Å². The van der Waals surface area contributed by atoms with Crippen LogP contribution in [-0.4, -0.2) is 7.11 Å². The molecule has 0 heterocycles. The van der Waals surface area contributed by atoms with Crippen molar-refractivity contribution >= 4 is 43.5 Å². The summed E-state index contributed by atoms with van der Waals surface area (Å²) in [6.07, 6.45) is 0. The van der Waals surface area contributed by atoms with Crippen LogP contribution in [0.1, 0.15) is 16.5 Å². The molecule has 0 fully saturated rings. The molecule has 0 saturated carbocycles. The van der Waals surface area contributed by atoms with Gasteiger partial charge in [0.25, 0.3) is 0 Å². The Kier molecular flexibility index (Phi) is 4.87. The van der Waals surface area contributed by atoms with Crippen molar-refractivity contribution in [1.29, 1.82) is 0 Å². The van der Waals surface area contributed by atoms with Crippen LogP contribution in [0.2, 0.25) is 0 Å². The van der Waals surface area contributed by atoms with Crippen LogP contribution in [-0.2, 0) is 0 Å². The maximum atomic E-state index is 13.1. The van der Waals surface area contributed by atoms with Gasteiger partial charge in [0, 0.05) is 14.5 Å². The predicted molar refractivity (Wildman–Crippen MR) is 82.5 cm³/mol. The van der Waals surface area contributed by atoms with E-state index in [1.54, 1.807) is 13.2 Å². The molecule has 0 aliphatic heterocycles. The van der Waals surface area contributed by atoms with E-state index >= 15 is 0 Å². The molecule has 5 heteroatoms. The minimum atomic E-state index is -0.428. The summed E-state index contributed by atoms with van der Waals surface area (Å²) in [6, 6.07) is 10.1. The molecular formula is C14H10Br2ClFO. The smallest absolute Gasteiger partial charge is 0.124 e. The van der Waals surface area contributed by atoms with Gasteiger partial charge in [-0.3, -0.25) is 0 Å². The number of rotatable bonds is 3. The van der Waals surface area contributed by atoms with Crippen LogP contribution >= 0.6 is 43.5 Å². The Labute approximate surface area is 133 Å². The Hall–Kier alpha value is -0.580. The van der Waals surface area contributed by atoms with Crippen LogP contribution in [0, 0.1) is 5.82 Å². The van der Waals surface area contributed by atoms with Gasteiger partial charge in [-0.2, -0.15) is 0 Å². The SMILES string of the molecule is COc1ccc(Br)cc1C(Cl)c1ccc(F)cc1Br. The van der Waals surface area contributed by atoms with Crippen molar-refractivity contribution < 1.29 is 9.13 Å². The molecular weight excluding hydrogens is 398 g/mol. The fourth-order valence-corrected chi connectivity index (χ4v) is 3.23. The Balaban J connectivity index is 2.49. The lowest BCUT2D eigenvalue weighted by atomic mass is 10.0. The molecule has 0 aliphatic carbocycles. The van der Waals surface area contributed by atoms with Crippen LogP contribution in [0.4, 0.5) is 4.39 Å². The third-order valence-corrected chi connectivity index (χ3v) is 4.35. The average molecular weight is 408 g/mol. The maximum Gasteiger partial charge on any atom is 0.124 e. The average Bonchev–Trinajstić information content (AvgIpc) is 2.38. The van der Waals surface area contributed by atoms with Crippen molar-refractivity contribution in [1.82, 2.24) is 0 Å². The van der Waals surface area contributed by atoms with Crippen LogP contribution in [0.5, 0.6) is 5.75 Å². The second-order valence-electron chi connectivity index (χ2n) is 3.91. The lowest BCUT2D eigenvalue weighted by molar-refractivity contribution is 0.410. The number of benzene rings is 2. The number of alkyl halides is 1. The summed E-state index contributed by atoms with van der Waals surface area (Å²) in [7, 11) is 1.59. The zero-order valence-corrected chi connectivity index (χ0v) is 13.9. The second-order valence-corrected chi connectivity index (χ2v) is 6.12. The van der Waals surface area contributed by atoms with Gasteiger partial charge in [0.05, 0.1) is 12.5 Å². The van der Waals surface area contributed by atoms with E-state index in [4.69, 9.17) is 16.3 Å². The fraction of sp³-hybridized carbons (Fsp3) is 0.143. The lowest BCUT2D eigenvalue weighted by Crippen LogP contribution is -1.99. The van der Waals surface area contributed by atoms with Crippen molar-refractivity contribution in [2.24, 2.45) is 0 Å². The van der Waals surface area contributed by atoms with Crippen molar-refractivity contribution in [3.8, 4) is 5.75 Å². The molecule has 0 spiro atoms. The van der Waals surface area contributed by atoms with Crippen molar-refractivity contribution in [2.75, 3.05) is 7.11 Å². The molecule has 0 aliphatic rings. The van der Waals surface area contributed by atoms with Gasteiger partial charge in [-0.25, -0.2) is 4.39 Å². The van der Waals surface area contributed by atoms with Gasteiger partial charge in [0.15, 0.2) is 0 Å². The molecule has 100 valence electrons. The first-order valence-electron chi connectivity index (χ1n) is 5.45. The maximum absolute atomic E-state index is 13.1. The second kappa shape index (κ2) is 6.25. The van der Waals surface area contributed by atoms with Gasteiger partial charge in [-0.15, -0.1) is 11.6 Å². The summed E-state index contributed by atoms with van der Waals surface area (Å²) < 4.78 is 20.0. The lowest BCUT2D eigenvalue weighted by Gasteiger charge is -2.16. The molecule has 0 bridgehead atoms. The summed E-state index contributed by atoms with van der Waals surface area (Å²) in [6.45, 7) is 0. The third kappa shape index (κ3) is 3.30. The summed E-state index contributed by atoms with van der Waals surface area (Å²) in [5, 5.41) is -0.428. The molecule has 0 aromatic heterocycles. The zero-order chi connectivity index (χ0) is 14.0. The van der Waals surface area contributed by atoms with Gasteiger partial charge >= 0.3 is 0 Å². The molecule has 0 saturated heterocycles. The summed E-state index contributed by atoms with van der Waals surface area (Å²) in [5.41, 5.74) is 1.62. The van der Waals surface area contributed by atoms with Gasteiger partial charge in [0.2, 0.25) is 0 Å². The first kappa shape index (κ1) is 14.8. The number of halogens is 4. The van der Waals surface area contributed by atoms with Crippen LogP contribution in [0.15, 0.2) is 45.3 Å². The van der Waals surface area contributed by atoms with Crippen LogP contribution in [0.25, 0.3) is 0 Å². The van der Waals surface area contributed by atoms with Gasteiger partial charge < -0.3 is 4.74 Å². The van der Waals surface area contributed by atoms with E-state index in [1.165, 1.54) is 12.1 Å². The number of hydrogen-bond acceptors (Lipinski definition) is 1. The van der Waals surface area contributed by atoms with Gasteiger partial charge in [-0.1, -0.05) is 37.9 Å². The van der Waals surface area contributed by atoms with E-state index < -0.39 is 5.38 Å². The molecule has 2 aromatic rings. The molecule has 0 N–H and O–H groups in total. The molecule has 0 radical (unpaired) electrons. The van der Waals surface area contributed by atoms with Crippen molar-refractivity contribution in [3.63, 3.8) is 0 Å². The Bertz CT molecular complexity index is 604. The largest absolute Gasteiger partial charge is 0.496 e. The minimum Gasteiger partial charge on any atom is -0.496 e. The van der Waals surface area contributed by atoms with E-state index in [0.29, 0.717) is 10.2 Å². The highest BCUT2D eigenvalue weighted by Gasteiger charge is 2.18. The number of methoxy groups -OCH3 is 1. The zero-order valence-electron chi connectivity index (χ0n) is 9.96. The quantitative estimate of drug-likeness (QED) is 0.593. The first-order valence-corrected chi connectivity index (χ1v) is 7.47. The van der Waals surface area contributed by atoms with Crippen molar-refractivity contribution in [3.05, 3.63) is 62.3 Å². The highest BCUT2D eigenvalue weighted by atomic mass is 79.9. The minimum absolute atomic E-state index is 0.305.